The lowest BCUT2D eigenvalue weighted by molar-refractivity contribution is -0.0277. The second-order valence-electron chi connectivity index (χ2n) is 6.02. The van der Waals surface area contributed by atoms with Crippen LogP contribution in [0.3, 0.4) is 0 Å². The Balaban J connectivity index is 2.24. The van der Waals surface area contributed by atoms with E-state index < -0.39 is 11.4 Å². The highest BCUT2D eigenvalue weighted by molar-refractivity contribution is 6.35. The minimum atomic E-state index is -1.11. The maximum absolute atomic E-state index is 13.7. The van der Waals surface area contributed by atoms with Crippen LogP contribution in [0.5, 0.6) is 0 Å². The molecule has 0 spiro atoms. The van der Waals surface area contributed by atoms with Crippen molar-refractivity contribution in [1.29, 1.82) is 0 Å². The summed E-state index contributed by atoms with van der Waals surface area (Å²) in [6.45, 7) is 3.94. The smallest absolute Gasteiger partial charge is 0.142 e. The summed E-state index contributed by atoms with van der Waals surface area (Å²) in [6, 6.07) is 2.65. The summed E-state index contributed by atoms with van der Waals surface area (Å²) in [7, 11) is 0. The number of benzene rings is 1. The van der Waals surface area contributed by atoms with Crippen LogP contribution in [0.2, 0.25) is 10.0 Å². The molecule has 1 fully saturated rings. The topological polar surface area (TPSA) is 20.2 Å². The van der Waals surface area contributed by atoms with Crippen molar-refractivity contribution >= 4 is 23.2 Å². The van der Waals surface area contributed by atoms with Gasteiger partial charge >= 0.3 is 0 Å². The van der Waals surface area contributed by atoms with E-state index in [1.807, 2.05) is 0 Å². The van der Waals surface area contributed by atoms with E-state index in [-0.39, 0.29) is 10.9 Å². The van der Waals surface area contributed by atoms with Crippen LogP contribution in [0.1, 0.15) is 51.5 Å². The predicted molar refractivity (Wildman–Crippen MR) is 81.7 cm³/mol. The molecule has 0 amide bonds. The standard InChI is InChI=1S/C16H21Cl2FO/c1-3-10-4-6-11(7-5-10)16(2,20)12-8-15(19)14(18)9-13(12)17/h8-11,20H,3-7H2,1-2H3. The van der Waals surface area contributed by atoms with Crippen molar-refractivity contribution in [2.45, 2.75) is 51.6 Å². The first-order chi connectivity index (χ1) is 9.36. The van der Waals surface area contributed by atoms with Crippen molar-refractivity contribution in [1.82, 2.24) is 0 Å². The Labute approximate surface area is 130 Å². The maximum Gasteiger partial charge on any atom is 0.142 e. The zero-order chi connectivity index (χ0) is 14.9. The summed E-state index contributed by atoms with van der Waals surface area (Å²) in [4.78, 5) is 0. The number of aliphatic hydroxyl groups is 1. The second-order valence-corrected chi connectivity index (χ2v) is 6.83. The molecule has 0 aliphatic heterocycles. The van der Waals surface area contributed by atoms with E-state index in [0.717, 1.165) is 31.6 Å². The Bertz CT molecular complexity index is 480. The Morgan fingerprint density at radius 1 is 1.20 bits per heavy atom. The molecular formula is C16H21Cl2FO. The number of hydrogen-bond acceptors (Lipinski definition) is 1. The van der Waals surface area contributed by atoms with E-state index >= 15 is 0 Å². The van der Waals surface area contributed by atoms with Gasteiger partial charge in [-0.05, 0) is 43.7 Å². The van der Waals surface area contributed by atoms with Crippen molar-refractivity contribution in [3.8, 4) is 0 Å². The molecule has 1 unspecified atom stereocenters. The van der Waals surface area contributed by atoms with Crippen molar-refractivity contribution < 1.29 is 9.50 Å². The molecule has 0 saturated heterocycles. The van der Waals surface area contributed by atoms with Gasteiger partial charge in [0.2, 0.25) is 0 Å². The molecule has 1 aliphatic carbocycles. The van der Waals surface area contributed by atoms with Gasteiger partial charge in [-0.3, -0.25) is 0 Å². The number of halogens is 3. The molecule has 1 nitrogen and oxygen atoms in total. The molecule has 0 aromatic heterocycles. The fourth-order valence-corrected chi connectivity index (χ4v) is 3.84. The maximum atomic E-state index is 13.7. The van der Waals surface area contributed by atoms with E-state index in [4.69, 9.17) is 23.2 Å². The van der Waals surface area contributed by atoms with Gasteiger partial charge in [-0.15, -0.1) is 0 Å². The summed E-state index contributed by atoms with van der Waals surface area (Å²) < 4.78 is 13.7. The van der Waals surface area contributed by atoms with Gasteiger partial charge in [-0.2, -0.15) is 0 Å². The minimum absolute atomic E-state index is 0.00996. The number of rotatable bonds is 3. The van der Waals surface area contributed by atoms with Crippen LogP contribution in [0.4, 0.5) is 4.39 Å². The fourth-order valence-electron chi connectivity index (χ4n) is 3.26. The molecule has 1 saturated carbocycles. The molecule has 4 heteroatoms. The summed E-state index contributed by atoms with van der Waals surface area (Å²) in [5, 5.41) is 11.2. The Morgan fingerprint density at radius 2 is 1.80 bits per heavy atom. The van der Waals surface area contributed by atoms with Gasteiger partial charge in [-0.25, -0.2) is 4.39 Å². The van der Waals surface area contributed by atoms with E-state index in [0.29, 0.717) is 10.6 Å². The van der Waals surface area contributed by atoms with E-state index in [9.17, 15) is 9.50 Å². The highest BCUT2D eigenvalue weighted by Crippen LogP contribution is 2.44. The molecule has 20 heavy (non-hydrogen) atoms. The summed E-state index contributed by atoms with van der Waals surface area (Å²) in [5.41, 5.74) is -0.665. The summed E-state index contributed by atoms with van der Waals surface area (Å²) in [5.74, 6) is 0.330. The zero-order valence-corrected chi connectivity index (χ0v) is 13.4. The molecule has 1 aliphatic rings. The first-order valence-corrected chi connectivity index (χ1v) is 7.99. The number of hydrogen-bond donors (Lipinski definition) is 1. The second kappa shape index (κ2) is 6.21. The average Bonchev–Trinajstić information content (AvgIpc) is 2.42. The van der Waals surface area contributed by atoms with Gasteiger partial charge in [0.15, 0.2) is 0 Å². The monoisotopic (exact) mass is 318 g/mol. The van der Waals surface area contributed by atoms with Crippen LogP contribution in [0.25, 0.3) is 0 Å². The van der Waals surface area contributed by atoms with Crippen LogP contribution in [0.15, 0.2) is 12.1 Å². The van der Waals surface area contributed by atoms with Gasteiger partial charge in [0, 0.05) is 10.6 Å². The largest absolute Gasteiger partial charge is 0.385 e. The molecule has 1 aromatic carbocycles. The normalized spacial score (nSPS) is 26.3. The third-order valence-corrected chi connectivity index (χ3v) is 5.38. The van der Waals surface area contributed by atoms with Crippen LogP contribution in [0, 0.1) is 17.7 Å². The SMILES string of the molecule is CCC1CCC(C(C)(O)c2cc(F)c(Cl)cc2Cl)CC1. The first-order valence-electron chi connectivity index (χ1n) is 7.23. The summed E-state index contributed by atoms with van der Waals surface area (Å²) >= 11 is 11.9. The highest BCUT2D eigenvalue weighted by Gasteiger charge is 2.37. The van der Waals surface area contributed by atoms with Gasteiger partial charge in [0.25, 0.3) is 0 Å². The lowest BCUT2D eigenvalue weighted by Crippen LogP contribution is -2.35. The van der Waals surface area contributed by atoms with Gasteiger partial charge < -0.3 is 5.11 Å². The van der Waals surface area contributed by atoms with Crippen molar-refractivity contribution in [2.24, 2.45) is 11.8 Å². The molecule has 0 radical (unpaired) electrons. The molecular weight excluding hydrogens is 298 g/mol. The predicted octanol–water partition coefficient (Wildman–Crippen LogP) is 5.56. The van der Waals surface area contributed by atoms with Crippen molar-refractivity contribution in [2.75, 3.05) is 0 Å². The molecule has 112 valence electrons. The molecule has 1 N–H and O–H groups in total. The van der Waals surface area contributed by atoms with Gasteiger partial charge in [-0.1, -0.05) is 49.4 Å². The van der Waals surface area contributed by atoms with Gasteiger partial charge in [0.1, 0.15) is 5.82 Å². The quantitative estimate of drug-likeness (QED) is 0.724. The lowest BCUT2D eigenvalue weighted by Gasteiger charge is -2.38. The van der Waals surface area contributed by atoms with Gasteiger partial charge in [0.05, 0.1) is 10.6 Å². The van der Waals surface area contributed by atoms with Crippen LogP contribution in [-0.2, 0) is 5.60 Å². The third-order valence-electron chi connectivity index (χ3n) is 4.77. The van der Waals surface area contributed by atoms with E-state index in [2.05, 4.69) is 6.92 Å². The van der Waals surface area contributed by atoms with E-state index in [1.165, 1.54) is 18.6 Å². The molecule has 0 heterocycles. The molecule has 2 rings (SSSR count). The molecule has 1 atom stereocenters. The third kappa shape index (κ3) is 3.13. The first kappa shape index (κ1) is 16.1. The Hall–Kier alpha value is -0.310. The highest BCUT2D eigenvalue weighted by atomic mass is 35.5. The molecule has 1 aromatic rings. The fraction of sp³-hybridized carbons (Fsp3) is 0.625. The van der Waals surface area contributed by atoms with Crippen molar-refractivity contribution in [3.05, 3.63) is 33.6 Å². The van der Waals surface area contributed by atoms with E-state index in [1.54, 1.807) is 6.92 Å². The average molecular weight is 319 g/mol. The minimum Gasteiger partial charge on any atom is -0.385 e. The van der Waals surface area contributed by atoms with Crippen LogP contribution >= 0.6 is 23.2 Å². The van der Waals surface area contributed by atoms with Crippen LogP contribution in [-0.4, -0.2) is 5.11 Å². The molecule has 0 bridgehead atoms. The van der Waals surface area contributed by atoms with Crippen LogP contribution < -0.4 is 0 Å². The Kier molecular flexibility index (Phi) is 4.99. The summed E-state index contributed by atoms with van der Waals surface area (Å²) in [6.07, 6.45) is 5.32. The Morgan fingerprint density at radius 3 is 2.35 bits per heavy atom. The lowest BCUT2D eigenvalue weighted by atomic mass is 9.71. The van der Waals surface area contributed by atoms with Crippen molar-refractivity contribution in [3.63, 3.8) is 0 Å². The zero-order valence-electron chi connectivity index (χ0n) is 11.9.